The van der Waals surface area contributed by atoms with E-state index in [0.717, 1.165) is 11.3 Å². The molecular weight excluding hydrogens is 328 g/mol. The van der Waals surface area contributed by atoms with Gasteiger partial charge in [0.25, 0.3) is 0 Å². The molecule has 0 radical (unpaired) electrons. The Kier molecular flexibility index (Phi) is 4.46. The van der Waals surface area contributed by atoms with Crippen molar-refractivity contribution in [2.45, 2.75) is 58.4 Å². The Morgan fingerprint density at radius 3 is 2.71 bits per heavy atom. The van der Waals surface area contributed by atoms with E-state index in [1.165, 1.54) is 10.5 Å². The minimum Gasteiger partial charge on any atom is -0.481 e. The Bertz CT molecular complexity index is 735. The van der Waals surface area contributed by atoms with Crippen molar-refractivity contribution in [1.82, 2.24) is 5.16 Å². The van der Waals surface area contributed by atoms with Crippen LogP contribution < -0.4 is 0 Å². The summed E-state index contributed by atoms with van der Waals surface area (Å²) in [7, 11) is 0. The molecule has 3 atom stereocenters. The minimum atomic E-state index is -0.921. The second-order valence-corrected chi connectivity index (χ2v) is 7.90. The number of aliphatic imine (C=N–C) groups is 1. The van der Waals surface area contributed by atoms with Crippen molar-refractivity contribution in [2.24, 2.45) is 10.9 Å². The van der Waals surface area contributed by atoms with Gasteiger partial charge in [-0.2, -0.15) is 0 Å². The Morgan fingerprint density at radius 1 is 1.38 bits per heavy atom. The number of rotatable bonds is 3. The SMILES string of the molecule is CC1=C(C)C2C(OC(C)C)=N[C@@H](CC(=O)O)c3onc(C)c3C2S1. The molecule has 0 aromatic carbocycles. The summed E-state index contributed by atoms with van der Waals surface area (Å²) in [6.45, 7) is 9.99. The number of aryl methyl sites for hydroxylation is 1. The number of thioether (sulfide) groups is 1. The first-order chi connectivity index (χ1) is 11.3. The fourth-order valence-corrected chi connectivity index (χ4v) is 4.81. The molecule has 7 heteroatoms. The van der Waals surface area contributed by atoms with E-state index in [2.05, 4.69) is 24.0 Å². The average molecular weight is 350 g/mol. The molecule has 1 aromatic heterocycles. The first-order valence-corrected chi connectivity index (χ1v) is 8.93. The number of carboxylic acid groups (broad SMARTS) is 1. The van der Waals surface area contributed by atoms with E-state index in [0.29, 0.717) is 11.7 Å². The maximum atomic E-state index is 11.3. The lowest BCUT2D eigenvalue weighted by Gasteiger charge is -2.22. The lowest BCUT2D eigenvalue weighted by Crippen LogP contribution is -2.24. The van der Waals surface area contributed by atoms with E-state index in [-0.39, 0.29) is 23.7 Å². The van der Waals surface area contributed by atoms with Gasteiger partial charge in [0.05, 0.1) is 29.4 Å². The number of hydrogen-bond donors (Lipinski definition) is 1. The Balaban J connectivity index is 2.16. The molecule has 1 aromatic rings. The quantitative estimate of drug-likeness (QED) is 0.886. The van der Waals surface area contributed by atoms with Gasteiger partial charge >= 0.3 is 5.97 Å². The van der Waals surface area contributed by atoms with E-state index < -0.39 is 12.0 Å². The summed E-state index contributed by atoms with van der Waals surface area (Å²) in [4.78, 5) is 17.2. The number of ether oxygens (including phenoxy) is 1. The fourth-order valence-electron chi connectivity index (χ4n) is 3.26. The molecule has 0 amide bonds. The molecule has 2 aliphatic heterocycles. The molecule has 24 heavy (non-hydrogen) atoms. The summed E-state index contributed by atoms with van der Waals surface area (Å²) >= 11 is 1.76. The normalized spacial score (nSPS) is 26.1. The molecule has 0 fully saturated rings. The molecule has 3 heterocycles. The molecule has 3 rings (SSSR count). The average Bonchev–Trinajstić information content (AvgIpc) is 2.94. The van der Waals surface area contributed by atoms with E-state index >= 15 is 0 Å². The molecule has 130 valence electrons. The van der Waals surface area contributed by atoms with Gasteiger partial charge in [-0.1, -0.05) is 10.7 Å². The van der Waals surface area contributed by atoms with Crippen molar-refractivity contribution in [1.29, 1.82) is 0 Å². The van der Waals surface area contributed by atoms with E-state index in [1.807, 2.05) is 20.8 Å². The van der Waals surface area contributed by atoms with Crippen LogP contribution in [0.5, 0.6) is 0 Å². The van der Waals surface area contributed by atoms with Crippen LogP contribution in [-0.4, -0.2) is 28.2 Å². The summed E-state index contributed by atoms with van der Waals surface area (Å²) in [6.07, 6.45) is -0.171. The van der Waals surface area contributed by atoms with Gasteiger partial charge in [-0.25, -0.2) is 4.99 Å². The largest absolute Gasteiger partial charge is 0.481 e. The third-order valence-corrected chi connectivity index (χ3v) is 5.86. The van der Waals surface area contributed by atoms with Crippen molar-refractivity contribution in [3.63, 3.8) is 0 Å². The monoisotopic (exact) mass is 350 g/mol. The maximum absolute atomic E-state index is 11.3. The highest BCUT2D eigenvalue weighted by Crippen LogP contribution is 2.56. The van der Waals surface area contributed by atoms with E-state index in [1.54, 1.807) is 11.8 Å². The first-order valence-electron chi connectivity index (χ1n) is 8.05. The third kappa shape index (κ3) is 2.85. The van der Waals surface area contributed by atoms with Gasteiger partial charge in [-0.15, -0.1) is 11.8 Å². The molecule has 0 saturated carbocycles. The molecule has 0 saturated heterocycles. The van der Waals surface area contributed by atoms with Gasteiger partial charge in [0.1, 0.15) is 6.04 Å². The van der Waals surface area contributed by atoms with Gasteiger partial charge in [0.2, 0.25) is 0 Å². The standard InChI is InChI=1S/C17H22N2O4S/c1-7(2)22-17-13-8(3)10(5)24-16(13)14-9(4)19-23-15(14)11(18-17)6-12(20)21/h7,11,13,16H,6H2,1-5H3,(H,20,21)/t11-,13?,16?/m0/s1. The lowest BCUT2D eigenvalue weighted by atomic mass is 9.91. The molecule has 0 spiro atoms. The van der Waals surface area contributed by atoms with E-state index in [9.17, 15) is 9.90 Å². The Morgan fingerprint density at radius 2 is 2.08 bits per heavy atom. The smallest absolute Gasteiger partial charge is 0.306 e. The zero-order chi connectivity index (χ0) is 17.6. The number of aliphatic carboxylic acids is 1. The van der Waals surface area contributed by atoms with Crippen LogP contribution in [0, 0.1) is 12.8 Å². The molecule has 2 aliphatic rings. The van der Waals surface area contributed by atoms with Crippen LogP contribution in [0.25, 0.3) is 0 Å². The summed E-state index contributed by atoms with van der Waals surface area (Å²) in [5.74, 6) is 0.236. The highest BCUT2D eigenvalue weighted by Gasteiger charge is 2.45. The highest BCUT2D eigenvalue weighted by molar-refractivity contribution is 8.03. The van der Waals surface area contributed by atoms with Gasteiger partial charge < -0.3 is 14.4 Å². The van der Waals surface area contributed by atoms with Crippen molar-refractivity contribution in [3.8, 4) is 0 Å². The summed E-state index contributed by atoms with van der Waals surface area (Å²) in [5.41, 5.74) is 2.98. The van der Waals surface area contributed by atoms with Gasteiger partial charge in [-0.05, 0) is 39.5 Å². The van der Waals surface area contributed by atoms with Gasteiger partial charge in [0.15, 0.2) is 11.7 Å². The van der Waals surface area contributed by atoms with Crippen LogP contribution in [0.4, 0.5) is 0 Å². The number of carboxylic acids is 1. The van der Waals surface area contributed by atoms with Crippen LogP contribution in [0.3, 0.4) is 0 Å². The number of aromatic nitrogens is 1. The number of allylic oxidation sites excluding steroid dienone is 1. The van der Waals surface area contributed by atoms with Gasteiger partial charge in [-0.3, -0.25) is 4.79 Å². The zero-order valence-electron chi connectivity index (χ0n) is 14.5. The number of nitrogens with zero attached hydrogens (tertiary/aromatic N) is 2. The Labute approximate surface area is 145 Å². The second-order valence-electron chi connectivity index (χ2n) is 6.55. The first kappa shape index (κ1) is 17.1. The number of carbonyl (C=O) groups is 1. The third-order valence-electron chi connectivity index (χ3n) is 4.43. The van der Waals surface area contributed by atoms with Crippen LogP contribution in [0.1, 0.15) is 62.4 Å². The molecule has 6 nitrogen and oxygen atoms in total. The highest BCUT2D eigenvalue weighted by atomic mass is 32.2. The summed E-state index contributed by atoms with van der Waals surface area (Å²) in [5, 5.41) is 13.4. The summed E-state index contributed by atoms with van der Waals surface area (Å²) in [6, 6.07) is -0.605. The molecular formula is C17H22N2O4S. The summed E-state index contributed by atoms with van der Waals surface area (Å²) < 4.78 is 11.5. The van der Waals surface area contributed by atoms with Crippen molar-refractivity contribution >= 4 is 23.6 Å². The second kappa shape index (κ2) is 6.27. The fraction of sp³-hybridized carbons (Fsp3) is 0.588. The van der Waals surface area contributed by atoms with Crippen molar-refractivity contribution < 1.29 is 19.2 Å². The topological polar surface area (TPSA) is 84.9 Å². The molecule has 0 aliphatic carbocycles. The van der Waals surface area contributed by atoms with Crippen molar-refractivity contribution in [3.05, 3.63) is 27.5 Å². The van der Waals surface area contributed by atoms with Gasteiger partial charge in [0, 0.05) is 5.56 Å². The lowest BCUT2D eigenvalue weighted by molar-refractivity contribution is -0.137. The van der Waals surface area contributed by atoms with Crippen LogP contribution in [-0.2, 0) is 9.53 Å². The number of fused-ring (bicyclic) bond motifs is 3. The molecule has 0 bridgehead atoms. The van der Waals surface area contributed by atoms with Crippen LogP contribution in [0.2, 0.25) is 0 Å². The van der Waals surface area contributed by atoms with Crippen LogP contribution in [0.15, 0.2) is 20.0 Å². The maximum Gasteiger partial charge on any atom is 0.306 e. The van der Waals surface area contributed by atoms with E-state index in [4.69, 9.17) is 9.26 Å². The molecule has 2 unspecified atom stereocenters. The Hall–Kier alpha value is -1.76. The molecule has 1 N–H and O–H groups in total. The predicted octanol–water partition coefficient (Wildman–Crippen LogP) is 4.03. The van der Waals surface area contributed by atoms with Crippen LogP contribution >= 0.6 is 11.8 Å². The number of hydrogen-bond acceptors (Lipinski definition) is 6. The minimum absolute atomic E-state index is 0.00644. The zero-order valence-corrected chi connectivity index (χ0v) is 15.3. The predicted molar refractivity (Wildman–Crippen MR) is 92.1 cm³/mol. The van der Waals surface area contributed by atoms with Crippen molar-refractivity contribution in [2.75, 3.05) is 0 Å².